The molecule has 1 rings (SSSR count). The van der Waals surface area contributed by atoms with Gasteiger partial charge in [0.2, 0.25) is 0 Å². The van der Waals surface area contributed by atoms with Gasteiger partial charge in [0.25, 0.3) is 0 Å². The lowest BCUT2D eigenvalue weighted by atomic mass is 10.3. The Hall–Kier alpha value is -0.0900. The normalized spacial score (nSPS) is 24.6. The Labute approximate surface area is 74.5 Å². The van der Waals surface area contributed by atoms with Crippen LogP contribution in [0.1, 0.15) is 26.2 Å². The molecule has 0 radical (unpaired) electrons. The van der Waals surface area contributed by atoms with Gasteiger partial charge in [0.1, 0.15) is 0 Å². The van der Waals surface area contributed by atoms with Crippen molar-refractivity contribution < 1.29 is 8.42 Å². The van der Waals surface area contributed by atoms with Gasteiger partial charge in [0, 0.05) is 11.8 Å². The third-order valence-corrected chi connectivity index (χ3v) is 4.07. The molecule has 3 nitrogen and oxygen atoms in total. The van der Waals surface area contributed by atoms with Crippen molar-refractivity contribution in [1.82, 2.24) is 5.32 Å². The molecule has 0 spiro atoms. The van der Waals surface area contributed by atoms with Gasteiger partial charge < -0.3 is 5.32 Å². The van der Waals surface area contributed by atoms with Gasteiger partial charge in [-0.05, 0) is 25.8 Å². The Morgan fingerprint density at radius 2 is 2.25 bits per heavy atom. The molecule has 0 bridgehead atoms. The van der Waals surface area contributed by atoms with Gasteiger partial charge >= 0.3 is 0 Å². The summed E-state index contributed by atoms with van der Waals surface area (Å²) in [6.07, 6.45) is 2.87. The number of rotatable bonds is 4. The second kappa shape index (κ2) is 4.23. The highest BCUT2D eigenvalue weighted by Gasteiger charge is 2.20. The van der Waals surface area contributed by atoms with Crippen molar-refractivity contribution in [2.24, 2.45) is 0 Å². The standard InChI is InChI=1S/C8H17NO2S/c1-2-6-12(10,11)7-8-4-3-5-9-8/h8-9H,2-7H2,1H3/t8-/m0/s1. The van der Waals surface area contributed by atoms with Gasteiger partial charge in [0.15, 0.2) is 9.84 Å². The molecule has 12 heavy (non-hydrogen) atoms. The second-order valence-electron chi connectivity index (χ2n) is 3.41. The van der Waals surface area contributed by atoms with E-state index in [-0.39, 0.29) is 6.04 Å². The first-order chi connectivity index (χ1) is 5.64. The molecule has 1 heterocycles. The van der Waals surface area contributed by atoms with Gasteiger partial charge in [-0.25, -0.2) is 8.42 Å². The molecule has 0 unspecified atom stereocenters. The molecule has 0 aromatic heterocycles. The predicted octanol–water partition coefficient (Wildman–Crippen LogP) is 0.563. The molecule has 0 aliphatic carbocycles. The van der Waals surface area contributed by atoms with Gasteiger partial charge in [-0.15, -0.1) is 0 Å². The van der Waals surface area contributed by atoms with E-state index in [4.69, 9.17) is 0 Å². The van der Waals surface area contributed by atoms with E-state index in [1.807, 2.05) is 6.92 Å². The van der Waals surface area contributed by atoms with E-state index in [2.05, 4.69) is 5.32 Å². The Morgan fingerprint density at radius 3 is 2.75 bits per heavy atom. The topological polar surface area (TPSA) is 46.2 Å². The van der Waals surface area contributed by atoms with Crippen molar-refractivity contribution >= 4 is 9.84 Å². The summed E-state index contributed by atoms with van der Waals surface area (Å²) >= 11 is 0. The van der Waals surface area contributed by atoms with Gasteiger partial charge in [0.05, 0.1) is 5.75 Å². The number of sulfone groups is 1. The summed E-state index contributed by atoms with van der Waals surface area (Å²) in [6, 6.07) is 0.224. The summed E-state index contributed by atoms with van der Waals surface area (Å²) in [4.78, 5) is 0. The Balaban J connectivity index is 2.38. The molecule has 72 valence electrons. The van der Waals surface area contributed by atoms with Crippen LogP contribution in [-0.2, 0) is 9.84 Å². The fourth-order valence-electron chi connectivity index (χ4n) is 1.60. The third kappa shape index (κ3) is 3.11. The predicted molar refractivity (Wildman–Crippen MR) is 50.0 cm³/mol. The second-order valence-corrected chi connectivity index (χ2v) is 5.64. The maximum Gasteiger partial charge on any atom is 0.151 e. The minimum absolute atomic E-state index is 0.224. The molecule has 0 amide bonds. The summed E-state index contributed by atoms with van der Waals surface area (Å²) in [5.41, 5.74) is 0. The first-order valence-corrected chi connectivity index (χ1v) is 6.40. The lowest BCUT2D eigenvalue weighted by Crippen LogP contribution is -2.30. The van der Waals surface area contributed by atoms with E-state index in [1.54, 1.807) is 0 Å². The van der Waals surface area contributed by atoms with Crippen LogP contribution in [0.2, 0.25) is 0 Å². The largest absolute Gasteiger partial charge is 0.313 e. The molecule has 1 fully saturated rings. The SMILES string of the molecule is CCCS(=O)(=O)C[C@@H]1CCCN1. The zero-order valence-corrected chi connectivity index (χ0v) is 8.36. The number of hydrogen-bond acceptors (Lipinski definition) is 3. The van der Waals surface area contributed by atoms with Crippen LogP contribution >= 0.6 is 0 Å². The minimum Gasteiger partial charge on any atom is -0.313 e. The molecular weight excluding hydrogens is 174 g/mol. The smallest absolute Gasteiger partial charge is 0.151 e. The summed E-state index contributed by atoms with van der Waals surface area (Å²) < 4.78 is 22.7. The Morgan fingerprint density at radius 1 is 1.50 bits per heavy atom. The summed E-state index contributed by atoms with van der Waals surface area (Å²) in [7, 11) is -2.78. The molecule has 1 aliphatic rings. The lowest BCUT2D eigenvalue weighted by Gasteiger charge is -2.09. The quantitative estimate of drug-likeness (QED) is 0.706. The molecule has 0 saturated carbocycles. The van der Waals surface area contributed by atoms with E-state index in [0.29, 0.717) is 11.5 Å². The van der Waals surface area contributed by atoms with Crippen molar-refractivity contribution in [3.8, 4) is 0 Å². The molecule has 4 heteroatoms. The van der Waals surface area contributed by atoms with Crippen molar-refractivity contribution in [3.05, 3.63) is 0 Å². The van der Waals surface area contributed by atoms with Gasteiger partial charge in [-0.2, -0.15) is 0 Å². The van der Waals surface area contributed by atoms with Crippen molar-refractivity contribution in [2.45, 2.75) is 32.2 Å². The monoisotopic (exact) mass is 191 g/mol. The average Bonchev–Trinajstić information content (AvgIpc) is 2.38. The summed E-state index contributed by atoms with van der Waals surface area (Å²) in [5.74, 6) is 0.673. The van der Waals surface area contributed by atoms with Crippen molar-refractivity contribution in [1.29, 1.82) is 0 Å². The molecular formula is C8H17NO2S. The maximum absolute atomic E-state index is 11.3. The molecule has 1 aliphatic heterocycles. The van der Waals surface area contributed by atoms with Crippen LogP contribution in [0.5, 0.6) is 0 Å². The Bertz CT molecular complexity index is 217. The van der Waals surface area contributed by atoms with Crippen molar-refractivity contribution in [3.63, 3.8) is 0 Å². The zero-order chi connectivity index (χ0) is 9.03. The zero-order valence-electron chi connectivity index (χ0n) is 7.54. The highest BCUT2D eigenvalue weighted by Crippen LogP contribution is 2.08. The third-order valence-electron chi connectivity index (χ3n) is 2.13. The first kappa shape index (κ1) is 9.99. The first-order valence-electron chi connectivity index (χ1n) is 4.58. The van der Waals surface area contributed by atoms with E-state index in [1.165, 1.54) is 0 Å². The van der Waals surface area contributed by atoms with Crippen LogP contribution < -0.4 is 5.32 Å². The fraction of sp³-hybridized carbons (Fsp3) is 1.00. The fourth-order valence-corrected chi connectivity index (χ4v) is 3.29. The van der Waals surface area contributed by atoms with E-state index in [0.717, 1.165) is 25.8 Å². The van der Waals surface area contributed by atoms with Crippen LogP contribution in [0.15, 0.2) is 0 Å². The van der Waals surface area contributed by atoms with Crippen LogP contribution in [0.4, 0.5) is 0 Å². The molecule has 0 aromatic rings. The molecule has 1 atom stereocenters. The lowest BCUT2D eigenvalue weighted by molar-refractivity contribution is 0.576. The minimum atomic E-state index is -2.78. The van der Waals surface area contributed by atoms with E-state index in [9.17, 15) is 8.42 Å². The summed E-state index contributed by atoms with van der Waals surface area (Å²) in [5, 5.41) is 3.19. The van der Waals surface area contributed by atoms with Crippen molar-refractivity contribution in [2.75, 3.05) is 18.1 Å². The van der Waals surface area contributed by atoms with Crippen LogP contribution in [0, 0.1) is 0 Å². The van der Waals surface area contributed by atoms with E-state index >= 15 is 0 Å². The highest BCUT2D eigenvalue weighted by molar-refractivity contribution is 7.91. The molecule has 0 aromatic carbocycles. The van der Waals surface area contributed by atoms with Gasteiger partial charge in [-0.3, -0.25) is 0 Å². The van der Waals surface area contributed by atoms with E-state index < -0.39 is 9.84 Å². The number of nitrogens with one attached hydrogen (secondary N) is 1. The Kier molecular flexibility index (Phi) is 3.53. The van der Waals surface area contributed by atoms with Gasteiger partial charge in [-0.1, -0.05) is 6.92 Å². The average molecular weight is 191 g/mol. The van der Waals surface area contributed by atoms with Crippen LogP contribution in [0.3, 0.4) is 0 Å². The number of hydrogen-bond donors (Lipinski definition) is 1. The maximum atomic E-state index is 11.3. The molecule has 1 N–H and O–H groups in total. The molecule has 1 saturated heterocycles. The highest BCUT2D eigenvalue weighted by atomic mass is 32.2. The summed E-state index contributed by atoms with van der Waals surface area (Å²) in [6.45, 7) is 2.88. The van der Waals surface area contributed by atoms with Crippen LogP contribution in [0.25, 0.3) is 0 Å². The van der Waals surface area contributed by atoms with Crippen LogP contribution in [-0.4, -0.2) is 32.5 Å².